The summed E-state index contributed by atoms with van der Waals surface area (Å²) < 4.78 is 8.86. The molecule has 0 N–H and O–H groups in total. The zero-order valence-electron chi connectivity index (χ0n) is 34.8. The Morgan fingerprint density at radius 1 is 0.333 bits per heavy atom. The van der Waals surface area contributed by atoms with Crippen LogP contribution in [0, 0.1) is 27.7 Å². The number of aromatic nitrogens is 8. The SMILES string of the molecule is CCn1c(C2=C3C=CC(=N3)C(c3cnc(C)n3CC)=C3C=CC(=N3)C(c3cnc(C)n3CC)=C3C=CC(=N3)C(c3cnc(C)n3CC)=C3C=CC2=N3)cnc1C.Cl.Cl.Cl.Cl. The van der Waals surface area contributed by atoms with Gasteiger partial charge in [-0.3, -0.25) is 0 Å². The third-order valence-electron chi connectivity index (χ3n) is 11.1. The number of hydrogen-bond donors (Lipinski definition) is 0. The van der Waals surface area contributed by atoms with Crippen LogP contribution in [-0.4, -0.2) is 61.1 Å². The van der Waals surface area contributed by atoms with Gasteiger partial charge in [0.2, 0.25) is 0 Å². The Morgan fingerprint density at radius 3 is 0.717 bits per heavy atom. The molecule has 60 heavy (non-hydrogen) atoms. The van der Waals surface area contributed by atoms with Crippen molar-refractivity contribution in [2.45, 2.75) is 81.6 Å². The maximum Gasteiger partial charge on any atom is 0.105 e. The lowest BCUT2D eigenvalue weighted by Crippen LogP contribution is -2.10. The van der Waals surface area contributed by atoms with Crippen molar-refractivity contribution in [3.63, 3.8) is 0 Å². The molecule has 0 radical (unpaired) electrons. The van der Waals surface area contributed by atoms with Crippen LogP contribution in [0.15, 0.2) is 116 Å². The molecule has 4 aromatic heterocycles. The van der Waals surface area contributed by atoms with Gasteiger partial charge in [-0.05, 0) is 104 Å². The fraction of sp³-hybridized carbons (Fsp3) is 0.273. The van der Waals surface area contributed by atoms with E-state index in [1.807, 2.05) is 52.5 Å². The maximum atomic E-state index is 5.43. The highest BCUT2D eigenvalue weighted by Crippen LogP contribution is 2.39. The zero-order chi connectivity index (χ0) is 38.8. The molecule has 0 saturated heterocycles. The van der Waals surface area contributed by atoms with Crippen LogP contribution >= 0.6 is 49.6 Å². The van der Waals surface area contributed by atoms with Crippen molar-refractivity contribution >= 4 is 94.8 Å². The van der Waals surface area contributed by atoms with Gasteiger partial charge in [0.25, 0.3) is 0 Å². The molecular formula is C44H48Cl4N12. The van der Waals surface area contributed by atoms with Crippen LogP contribution in [0.5, 0.6) is 0 Å². The Morgan fingerprint density at radius 2 is 0.533 bits per heavy atom. The van der Waals surface area contributed by atoms with Gasteiger partial charge in [0, 0.05) is 26.2 Å². The Bertz CT molecular complexity index is 2400. The van der Waals surface area contributed by atoms with Crippen LogP contribution in [-0.2, 0) is 26.2 Å². The predicted molar refractivity (Wildman–Crippen MR) is 254 cm³/mol. The van der Waals surface area contributed by atoms with Crippen molar-refractivity contribution in [1.82, 2.24) is 38.2 Å². The molecule has 9 heterocycles. The van der Waals surface area contributed by atoms with E-state index in [2.05, 4.69) is 94.6 Å². The van der Waals surface area contributed by atoms with Gasteiger partial charge in [0.05, 0.1) is 115 Å². The van der Waals surface area contributed by atoms with Crippen LogP contribution < -0.4 is 0 Å². The minimum absolute atomic E-state index is 0. The van der Waals surface area contributed by atoms with E-state index in [0.29, 0.717) is 0 Å². The summed E-state index contributed by atoms with van der Waals surface area (Å²) in [5, 5.41) is 0. The van der Waals surface area contributed by atoms with E-state index in [0.717, 1.165) is 140 Å². The Balaban J connectivity index is 0.00000171. The molecule has 8 bridgehead atoms. The summed E-state index contributed by atoms with van der Waals surface area (Å²) in [5.41, 5.74) is 13.8. The van der Waals surface area contributed by atoms with Gasteiger partial charge in [-0.15, -0.1) is 49.6 Å². The van der Waals surface area contributed by atoms with Crippen molar-refractivity contribution in [3.05, 3.63) is 142 Å². The number of imidazole rings is 4. The summed E-state index contributed by atoms with van der Waals surface area (Å²) in [6.45, 7) is 19.7. The zero-order valence-corrected chi connectivity index (χ0v) is 38.0. The predicted octanol–water partition coefficient (Wildman–Crippen LogP) is 9.47. The van der Waals surface area contributed by atoms with Crippen molar-refractivity contribution in [1.29, 1.82) is 0 Å². The van der Waals surface area contributed by atoms with Crippen LogP contribution in [0.3, 0.4) is 0 Å². The summed E-state index contributed by atoms with van der Waals surface area (Å²) in [7, 11) is 0. The standard InChI is InChI=1S/C44H44N12.4ClH/c1-9-53-25(5)45-21-37(53)41-29-13-15-31(49-29)42(38-22-46-26(6)54(38)10-2)33-17-19-35(51-33)44(40-24-48-28(8)56(40)12-4)36-20-18-34(52-36)43(32-16-14-30(41)50-32)39-23-47-27(7)55(39)11-3;;;;/h13-24H,9-12H2,1-8H3;4*1H. The number of aryl methyl sites for hydroxylation is 4. The van der Waals surface area contributed by atoms with E-state index >= 15 is 0 Å². The first kappa shape index (κ1) is 45.7. The average molecular weight is 887 g/mol. The second kappa shape index (κ2) is 18.1. The Kier molecular flexibility index (Phi) is 13.8. The molecule has 0 aliphatic carbocycles. The van der Waals surface area contributed by atoms with Gasteiger partial charge < -0.3 is 18.3 Å². The minimum Gasteiger partial charge on any atom is -0.328 e. The largest absolute Gasteiger partial charge is 0.328 e. The molecule has 5 aliphatic heterocycles. The third kappa shape index (κ3) is 7.29. The monoisotopic (exact) mass is 884 g/mol. The molecule has 9 rings (SSSR count). The van der Waals surface area contributed by atoms with Crippen molar-refractivity contribution in [2.75, 3.05) is 0 Å². The molecule has 12 nitrogen and oxygen atoms in total. The average Bonchev–Trinajstić information content (AvgIpc) is 4.05. The fourth-order valence-electron chi connectivity index (χ4n) is 8.40. The number of allylic oxidation sites excluding steroid dienone is 12. The molecule has 312 valence electrons. The van der Waals surface area contributed by atoms with Crippen LogP contribution in [0.1, 0.15) is 73.8 Å². The minimum atomic E-state index is 0. The summed E-state index contributed by atoms with van der Waals surface area (Å²) >= 11 is 0. The molecule has 0 aromatic carbocycles. The first-order chi connectivity index (χ1) is 27.2. The van der Waals surface area contributed by atoms with E-state index in [-0.39, 0.29) is 49.6 Å². The van der Waals surface area contributed by atoms with Crippen molar-refractivity contribution in [2.24, 2.45) is 20.0 Å². The summed E-state index contributed by atoms with van der Waals surface area (Å²) in [6, 6.07) is 0. The van der Waals surface area contributed by atoms with E-state index < -0.39 is 0 Å². The molecule has 0 unspecified atom stereocenters. The number of rotatable bonds is 8. The van der Waals surface area contributed by atoms with E-state index in [1.54, 1.807) is 0 Å². The van der Waals surface area contributed by atoms with E-state index in [9.17, 15) is 0 Å². The van der Waals surface area contributed by atoms with Crippen LogP contribution in [0.4, 0.5) is 0 Å². The van der Waals surface area contributed by atoms with Gasteiger partial charge >= 0.3 is 0 Å². The number of hydrogen-bond acceptors (Lipinski definition) is 8. The van der Waals surface area contributed by atoms with Gasteiger partial charge in [-0.2, -0.15) is 0 Å². The van der Waals surface area contributed by atoms with Gasteiger partial charge in [-0.25, -0.2) is 39.9 Å². The molecular weight excluding hydrogens is 838 g/mol. The fourth-order valence-corrected chi connectivity index (χ4v) is 8.40. The number of nitrogens with zero attached hydrogens (tertiary/aromatic N) is 12. The lowest BCUT2D eigenvalue weighted by Gasteiger charge is -2.15. The lowest BCUT2D eigenvalue weighted by molar-refractivity contribution is 0.722. The quantitative estimate of drug-likeness (QED) is 0.175. The van der Waals surface area contributed by atoms with Gasteiger partial charge in [-0.1, -0.05) is 0 Å². The highest BCUT2D eigenvalue weighted by atomic mass is 35.5. The van der Waals surface area contributed by atoms with Gasteiger partial charge in [0.1, 0.15) is 23.3 Å². The van der Waals surface area contributed by atoms with Crippen LogP contribution in [0.25, 0.3) is 22.3 Å². The molecule has 0 saturated carbocycles. The van der Waals surface area contributed by atoms with Crippen molar-refractivity contribution < 1.29 is 0 Å². The maximum absolute atomic E-state index is 5.43. The third-order valence-corrected chi connectivity index (χ3v) is 11.1. The molecule has 4 aromatic rings. The Labute approximate surface area is 374 Å². The molecule has 16 heteroatoms. The second-order valence-electron chi connectivity index (χ2n) is 14.1. The first-order valence-corrected chi connectivity index (χ1v) is 19.4. The number of aliphatic imine (C=N–C) groups is 4. The Hall–Kier alpha value is -5.40. The van der Waals surface area contributed by atoms with E-state index in [4.69, 9.17) is 39.9 Å². The highest BCUT2D eigenvalue weighted by molar-refractivity contribution is 6.39. The molecule has 0 fully saturated rings. The molecule has 5 aliphatic rings. The smallest absolute Gasteiger partial charge is 0.105 e. The number of fused-ring (bicyclic) bond motifs is 4. The topological polar surface area (TPSA) is 121 Å². The number of halogens is 4. The van der Waals surface area contributed by atoms with Crippen molar-refractivity contribution in [3.8, 4) is 0 Å². The molecule has 0 atom stereocenters. The highest BCUT2D eigenvalue weighted by Gasteiger charge is 2.31. The molecule has 0 amide bonds. The normalized spacial score (nSPS) is 16.3. The van der Waals surface area contributed by atoms with E-state index in [1.165, 1.54) is 0 Å². The summed E-state index contributed by atoms with van der Waals surface area (Å²) in [6.07, 6.45) is 24.5. The summed E-state index contributed by atoms with van der Waals surface area (Å²) in [5.74, 6) is 3.72. The second-order valence-corrected chi connectivity index (χ2v) is 14.1. The molecule has 0 spiro atoms. The van der Waals surface area contributed by atoms with Gasteiger partial charge in [0.15, 0.2) is 0 Å². The van der Waals surface area contributed by atoms with Crippen LogP contribution in [0.2, 0.25) is 0 Å². The lowest BCUT2D eigenvalue weighted by atomic mass is 10.0. The first-order valence-electron chi connectivity index (χ1n) is 19.4. The summed E-state index contributed by atoms with van der Waals surface area (Å²) in [4.78, 5) is 40.7.